The molecule has 3 amide bonds. The highest BCUT2D eigenvalue weighted by molar-refractivity contribution is 5.99. The average molecular weight is 746 g/mol. The van der Waals surface area contributed by atoms with E-state index in [1.807, 2.05) is 49.4 Å². The van der Waals surface area contributed by atoms with E-state index in [2.05, 4.69) is 44.9 Å². The number of hydrogen-bond acceptors (Lipinski definition) is 6. The van der Waals surface area contributed by atoms with E-state index < -0.39 is 23.9 Å². The molecule has 2 saturated carbocycles. The van der Waals surface area contributed by atoms with Gasteiger partial charge in [0.2, 0.25) is 17.6 Å². The van der Waals surface area contributed by atoms with Crippen LogP contribution in [0.15, 0.2) is 60.7 Å². The number of rotatable bonds is 11. The van der Waals surface area contributed by atoms with Crippen molar-refractivity contribution < 1.29 is 27.6 Å². The summed E-state index contributed by atoms with van der Waals surface area (Å²) in [5.74, 6) is -1.74. The van der Waals surface area contributed by atoms with Gasteiger partial charge in [0.1, 0.15) is 6.04 Å². The molecule has 6 N–H and O–H groups in total. The minimum Gasteiger partial charge on any atom is -0.349 e. The van der Waals surface area contributed by atoms with Gasteiger partial charge in [0, 0.05) is 35.7 Å². The van der Waals surface area contributed by atoms with Gasteiger partial charge < -0.3 is 31.6 Å². The molecule has 4 aromatic rings. The summed E-state index contributed by atoms with van der Waals surface area (Å²) in [5.41, 5.74) is 10.6. The number of amides is 3. The molecule has 0 spiro atoms. The van der Waals surface area contributed by atoms with Gasteiger partial charge in [-0.3, -0.25) is 14.4 Å². The minimum absolute atomic E-state index is 0.0550. The number of anilines is 1. The lowest BCUT2D eigenvalue weighted by Crippen LogP contribution is -2.48. The van der Waals surface area contributed by atoms with Crippen molar-refractivity contribution >= 4 is 34.4 Å². The van der Waals surface area contributed by atoms with Gasteiger partial charge in [0.25, 0.3) is 5.91 Å². The Morgan fingerprint density at radius 2 is 1.63 bits per heavy atom. The second kappa shape index (κ2) is 16.7. The van der Waals surface area contributed by atoms with Crippen molar-refractivity contribution in [2.45, 2.75) is 89.0 Å². The van der Waals surface area contributed by atoms with E-state index in [0.29, 0.717) is 36.9 Å². The third kappa shape index (κ3) is 9.48. The molecule has 0 bridgehead atoms. The van der Waals surface area contributed by atoms with Crippen molar-refractivity contribution in [1.82, 2.24) is 25.5 Å². The molecule has 1 heterocycles. The Labute approximate surface area is 313 Å². The summed E-state index contributed by atoms with van der Waals surface area (Å²) in [4.78, 5) is 48.4. The molecule has 0 radical (unpaired) electrons. The fourth-order valence-electron chi connectivity index (χ4n) is 7.80. The summed E-state index contributed by atoms with van der Waals surface area (Å²) in [5, 5.41) is 8.96. The quantitative estimate of drug-likeness (QED) is 0.117. The molecule has 13 heteroatoms. The molecule has 0 aliphatic heterocycles. The van der Waals surface area contributed by atoms with Gasteiger partial charge in [-0.2, -0.15) is 13.2 Å². The van der Waals surface area contributed by atoms with Crippen molar-refractivity contribution in [3.8, 4) is 11.1 Å². The summed E-state index contributed by atoms with van der Waals surface area (Å²) in [6.45, 7) is 2.56. The summed E-state index contributed by atoms with van der Waals surface area (Å²) in [6.07, 6.45) is 2.68. The van der Waals surface area contributed by atoms with Crippen LogP contribution in [0.1, 0.15) is 78.7 Å². The zero-order valence-electron chi connectivity index (χ0n) is 31.1. The number of H-pyrrole nitrogens is 1. The van der Waals surface area contributed by atoms with Gasteiger partial charge in [-0.15, -0.1) is 0 Å². The lowest BCUT2D eigenvalue weighted by Gasteiger charge is -2.33. The second-order valence-electron chi connectivity index (χ2n) is 15.2. The number of alkyl halides is 3. The van der Waals surface area contributed by atoms with E-state index in [1.165, 1.54) is 18.2 Å². The Balaban J connectivity index is 1.14. The molecule has 3 aromatic carbocycles. The van der Waals surface area contributed by atoms with Gasteiger partial charge in [0.15, 0.2) is 0 Å². The van der Waals surface area contributed by atoms with Crippen LogP contribution in [0, 0.1) is 18.8 Å². The Bertz CT molecular complexity index is 1940. The highest BCUT2D eigenvalue weighted by Gasteiger charge is 2.35. The summed E-state index contributed by atoms with van der Waals surface area (Å²) >= 11 is 0. The Hall–Kier alpha value is -4.75. The van der Waals surface area contributed by atoms with Gasteiger partial charge >= 0.3 is 6.18 Å². The van der Waals surface area contributed by atoms with Crippen LogP contribution >= 0.6 is 0 Å². The molecule has 2 aliphatic carbocycles. The summed E-state index contributed by atoms with van der Waals surface area (Å²) in [6, 6.07) is 17.5. The number of aryl methyl sites for hydroxylation is 1. The van der Waals surface area contributed by atoms with Crippen LogP contribution in [0.25, 0.3) is 22.2 Å². The molecule has 2 aliphatic rings. The number of aromatic nitrogens is 2. The first-order chi connectivity index (χ1) is 25.8. The number of carbonyl (C=O) groups is 3. The van der Waals surface area contributed by atoms with Crippen LogP contribution in [-0.2, 0) is 22.2 Å². The van der Waals surface area contributed by atoms with E-state index in [1.54, 1.807) is 0 Å². The monoisotopic (exact) mass is 745 g/mol. The molecule has 1 aromatic heterocycles. The van der Waals surface area contributed by atoms with Crippen molar-refractivity contribution in [2.24, 2.45) is 17.6 Å². The Morgan fingerprint density at radius 3 is 2.26 bits per heavy atom. The van der Waals surface area contributed by atoms with Crippen LogP contribution in [-0.4, -0.2) is 71.4 Å². The smallest absolute Gasteiger partial charge is 0.349 e. The summed E-state index contributed by atoms with van der Waals surface area (Å²) < 4.78 is 39.7. The number of aromatic amines is 1. The predicted molar refractivity (Wildman–Crippen MR) is 204 cm³/mol. The maximum Gasteiger partial charge on any atom is 0.449 e. The number of fused-ring (bicyclic) bond motifs is 1. The van der Waals surface area contributed by atoms with E-state index in [4.69, 9.17) is 5.73 Å². The zero-order chi connectivity index (χ0) is 38.6. The first-order valence-electron chi connectivity index (χ1n) is 18.8. The van der Waals surface area contributed by atoms with Gasteiger partial charge in [-0.25, -0.2) is 4.98 Å². The molecule has 2 fully saturated rings. The number of benzene rings is 3. The maximum atomic E-state index is 13.7. The van der Waals surface area contributed by atoms with E-state index >= 15 is 0 Å². The number of imidazole rings is 1. The molecule has 0 unspecified atom stereocenters. The number of hydrogen-bond donors (Lipinski definition) is 5. The fourth-order valence-corrected chi connectivity index (χ4v) is 7.80. The van der Waals surface area contributed by atoms with Crippen molar-refractivity contribution in [2.75, 3.05) is 26.0 Å². The largest absolute Gasteiger partial charge is 0.449 e. The van der Waals surface area contributed by atoms with Crippen LogP contribution in [0.3, 0.4) is 0 Å². The van der Waals surface area contributed by atoms with Gasteiger partial charge in [-0.1, -0.05) is 30.3 Å². The topological polar surface area (TPSA) is 145 Å². The lowest BCUT2D eigenvalue weighted by molar-refractivity contribution is -0.144. The normalized spacial score (nSPS) is 21.1. The molecular formula is C41H50F3N7O3. The highest BCUT2D eigenvalue weighted by Crippen LogP contribution is 2.31. The number of nitrogens with one attached hydrogen (secondary N) is 4. The molecule has 288 valence electrons. The van der Waals surface area contributed by atoms with Gasteiger partial charge in [-0.05, 0) is 137 Å². The van der Waals surface area contributed by atoms with E-state index in [-0.39, 0.29) is 46.9 Å². The third-order valence-corrected chi connectivity index (χ3v) is 11.2. The minimum atomic E-state index is -4.64. The Kier molecular flexibility index (Phi) is 12.1. The third-order valence-electron chi connectivity index (χ3n) is 11.2. The van der Waals surface area contributed by atoms with E-state index in [9.17, 15) is 27.6 Å². The van der Waals surface area contributed by atoms with Crippen LogP contribution in [0.4, 0.5) is 18.9 Å². The summed E-state index contributed by atoms with van der Waals surface area (Å²) in [7, 11) is 4.20. The standard InChI is InChI=1S/C41H50F3N7O3/c1-24-20-29(38(53)46-30-13-16-32(17-14-30)51(2)3)12-18-33(24)27-8-4-25(5-9-27)21-36(48-37(52)28-10-6-26(23-45)7-11-28)39(54)47-31-15-19-34-35(22-31)50-40(49-34)41(42,43)44/h4-5,8-9,12,15,18-20,22,26,28,30,32,36H,6-7,10-11,13-14,16-17,21,23,45H2,1-3H3,(H,46,53)(H,47,54)(H,48,52)(H,49,50)/t26-,28-,30?,32?,36-/m0/s1. The number of nitrogens with two attached hydrogens (primary N) is 1. The maximum absolute atomic E-state index is 13.7. The lowest BCUT2D eigenvalue weighted by atomic mass is 9.81. The molecule has 54 heavy (non-hydrogen) atoms. The first kappa shape index (κ1) is 39.0. The van der Waals surface area contributed by atoms with Gasteiger partial charge in [0.05, 0.1) is 11.0 Å². The first-order valence-corrected chi connectivity index (χ1v) is 18.8. The molecule has 1 atom stereocenters. The molecule has 0 saturated heterocycles. The average Bonchev–Trinajstić information content (AvgIpc) is 3.60. The van der Waals surface area contributed by atoms with Crippen LogP contribution in [0.5, 0.6) is 0 Å². The Morgan fingerprint density at radius 1 is 0.926 bits per heavy atom. The highest BCUT2D eigenvalue weighted by atomic mass is 19.4. The van der Waals surface area contributed by atoms with E-state index in [0.717, 1.165) is 60.8 Å². The second-order valence-corrected chi connectivity index (χ2v) is 15.2. The van der Waals surface area contributed by atoms with Crippen LogP contribution in [0.2, 0.25) is 0 Å². The predicted octanol–water partition coefficient (Wildman–Crippen LogP) is 6.59. The number of nitrogens with zero attached hydrogens (tertiary/aromatic N) is 2. The number of carbonyl (C=O) groups excluding carboxylic acids is 3. The SMILES string of the molecule is Cc1cc(C(=O)NC2CCC(N(C)C)CC2)ccc1-c1ccc(C[C@H](NC(=O)[C@H]2CC[C@H](CN)CC2)C(=O)Nc2ccc3[nH]c(C(F)(F)F)nc3c2)cc1. The zero-order valence-corrected chi connectivity index (χ0v) is 31.1. The van der Waals surface area contributed by atoms with Crippen molar-refractivity contribution in [1.29, 1.82) is 0 Å². The van der Waals surface area contributed by atoms with Crippen molar-refractivity contribution in [3.05, 3.63) is 83.2 Å². The number of halogens is 3. The molecule has 6 rings (SSSR count). The molecule has 10 nitrogen and oxygen atoms in total. The molecular weight excluding hydrogens is 695 g/mol. The fraction of sp³-hybridized carbons (Fsp3) is 0.463. The van der Waals surface area contributed by atoms with Crippen LogP contribution < -0.4 is 21.7 Å². The van der Waals surface area contributed by atoms with Crippen molar-refractivity contribution in [3.63, 3.8) is 0 Å².